The van der Waals surface area contributed by atoms with E-state index in [4.69, 9.17) is 9.47 Å². The van der Waals surface area contributed by atoms with Gasteiger partial charge in [-0.05, 0) is 128 Å². The topological polar surface area (TPSA) is 183 Å². The molecule has 0 saturated heterocycles. The van der Waals surface area contributed by atoms with Crippen LogP contribution in [0.4, 0.5) is 5.69 Å². The van der Waals surface area contributed by atoms with Gasteiger partial charge >= 0.3 is 11.9 Å². The number of carbonyl (C=O) groups is 3. The Morgan fingerprint density at radius 3 is 2.53 bits per heavy atom. The number of benzene rings is 3. The van der Waals surface area contributed by atoms with E-state index in [0.29, 0.717) is 65.6 Å². The first-order valence-corrected chi connectivity index (χ1v) is 24.6. The Labute approximate surface area is 397 Å². The predicted molar refractivity (Wildman–Crippen MR) is 256 cm³/mol. The Morgan fingerprint density at radius 1 is 0.912 bits per heavy atom. The lowest BCUT2D eigenvalue weighted by Crippen LogP contribution is -2.65. The molecule has 68 heavy (non-hydrogen) atoms. The van der Waals surface area contributed by atoms with Gasteiger partial charge in [-0.2, -0.15) is 0 Å². The van der Waals surface area contributed by atoms with Gasteiger partial charge in [0.1, 0.15) is 29.0 Å². The van der Waals surface area contributed by atoms with Crippen molar-refractivity contribution in [2.45, 2.75) is 126 Å². The largest absolute Gasteiger partial charge is 0.507 e. The molecule has 0 radical (unpaired) electrons. The van der Waals surface area contributed by atoms with Crippen LogP contribution < -0.4 is 10.1 Å². The van der Waals surface area contributed by atoms with Crippen LogP contribution in [0.25, 0.3) is 0 Å². The SMILES string of the molecule is C[C@H](O)CNc1cc(CO)cc([C@@H]2C#C[C@@H]3CC(=O)Oc4c3cc(c(O)c4[C@@H]3C=CC=CC3)C[C@H]3OC(=O)/C(=C\[C@H](O)Cc4cccc(c4)C[C@@H]4C(=O)CC[C@@H]5[C@H]4C[C@@H]4C=CCC[C@@H]4[C@]53O)C2)c1. The summed E-state index contributed by atoms with van der Waals surface area (Å²) >= 11 is 0. The van der Waals surface area contributed by atoms with Crippen LogP contribution in [0, 0.1) is 41.4 Å². The monoisotopic (exact) mass is 919 g/mol. The number of phenols is 1. The second kappa shape index (κ2) is 19.0. The van der Waals surface area contributed by atoms with Crippen LogP contribution in [-0.4, -0.2) is 73.7 Å². The number of ether oxygens (including phenoxy) is 2. The lowest BCUT2D eigenvalue weighted by molar-refractivity contribution is -0.221. The van der Waals surface area contributed by atoms with Crippen LogP contribution in [0.1, 0.15) is 115 Å². The van der Waals surface area contributed by atoms with Gasteiger partial charge in [0.15, 0.2) is 0 Å². The van der Waals surface area contributed by atoms with E-state index in [1.165, 1.54) is 6.08 Å². The Hall–Kier alpha value is -5.77. The summed E-state index contributed by atoms with van der Waals surface area (Å²) in [5.74, 6) is 2.63. The van der Waals surface area contributed by atoms with Gasteiger partial charge in [0, 0.05) is 65.9 Å². The van der Waals surface area contributed by atoms with E-state index >= 15 is 4.79 Å². The molecule has 10 bridgehead atoms. The molecule has 3 aromatic carbocycles. The summed E-state index contributed by atoms with van der Waals surface area (Å²) in [6.45, 7) is 1.60. The van der Waals surface area contributed by atoms with Crippen LogP contribution in [0.2, 0.25) is 0 Å². The van der Waals surface area contributed by atoms with Crippen molar-refractivity contribution in [3.8, 4) is 23.3 Å². The first kappa shape index (κ1) is 46.0. The zero-order chi connectivity index (χ0) is 47.3. The fourth-order valence-electron chi connectivity index (χ4n) is 12.8. The number of fused-ring (bicyclic) bond motifs is 9. The number of nitrogens with one attached hydrogen (secondary N) is 1. The maximum absolute atomic E-state index is 15.5. The molecule has 6 N–H and O–H groups in total. The number of carbonyl (C=O) groups excluding carboxylic acids is 3. The number of allylic oxidation sites excluding steroid dienone is 6. The molecular formula is C57H61NO10. The van der Waals surface area contributed by atoms with Gasteiger partial charge in [-0.3, -0.25) is 9.59 Å². The number of Topliss-reactive ketones (excluding diaryl/α,β-unsaturated/α-hetero) is 1. The summed E-state index contributed by atoms with van der Waals surface area (Å²) in [5, 5.41) is 62.6. The van der Waals surface area contributed by atoms with E-state index in [1.807, 2.05) is 66.8 Å². The molecule has 2 fully saturated rings. The van der Waals surface area contributed by atoms with E-state index in [1.54, 1.807) is 13.0 Å². The fourth-order valence-corrected chi connectivity index (χ4v) is 12.8. The van der Waals surface area contributed by atoms with E-state index < -0.39 is 53.6 Å². The average Bonchev–Trinajstić information content (AvgIpc) is 3.33. The lowest BCUT2D eigenvalue weighted by atomic mass is 9.49. The Bertz CT molecular complexity index is 2680. The molecule has 12 atom stereocenters. The van der Waals surface area contributed by atoms with Crippen LogP contribution in [-0.2, 0) is 45.0 Å². The van der Waals surface area contributed by atoms with Crippen LogP contribution in [0.15, 0.2) is 96.6 Å². The van der Waals surface area contributed by atoms with Crippen LogP contribution >= 0.6 is 0 Å². The highest BCUT2D eigenvalue weighted by Gasteiger charge is 2.62. The summed E-state index contributed by atoms with van der Waals surface area (Å²) in [6, 6.07) is 15.2. The molecule has 0 amide bonds. The molecule has 0 unspecified atom stereocenters. The van der Waals surface area contributed by atoms with Gasteiger partial charge in [0.2, 0.25) is 0 Å². The highest BCUT2D eigenvalue weighted by molar-refractivity contribution is 5.89. The molecule has 3 aliphatic heterocycles. The Balaban J connectivity index is 1.22. The third-order valence-corrected chi connectivity index (χ3v) is 15.9. The predicted octanol–water partition coefficient (Wildman–Crippen LogP) is 7.33. The van der Waals surface area contributed by atoms with Gasteiger partial charge in [0.25, 0.3) is 0 Å². The fraction of sp³-hybridized carbons (Fsp3) is 0.456. The molecule has 4 aliphatic carbocycles. The normalized spacial score (nSPS) is 33.0. The second-order valence-electron chi connectivity index (χ2n) is 20.4. The molecule has 0 aromatic heterocycles. The van der Waals surface area contributed by atoms with Gasteiger partial charge in [-0.25, -0.2) is 4.79 Å². The second-order valence-corrected chi connectivity index (χ2v) is 20.4. The number of aromatic hydroxyl groups is 1. The summed E-state index contributed by atoms with van der Waals surface area (Å²) in [5.41, 5.74) is 3.57. The minimum atomic E-state index is -1.66. The standard InChI is InChI=1S/C57H61NO10/c1-32(60)30-58-43-20-35(31-59)19-40(24-43)37-14-15-38-29-52(63)68-55-45(38)27-41(54(64)53(55)36-10-3-2-4-11-36)28-51-57(66)48-13-6-5-12-39(48)26-46-47(50(62)17-16-49(46)57)22-34-9-7-8-33(18-34)21-44(61)25-42(23-37)56(65)67-51/h2-5,7-10,12,18-20,24-25,27,32,36-39,44,46-49,51,58-61,64,66H,6,11,13,16-17,21-23,26,28-31H2,1H3/b42-25-/t32-,36+,37+,38+,39-,44+,46-,47-,48-,49+,51+,57-/m0/s1. The Kier molecular flexibility index (Phi) is 12.8. The quantitative estimate of drug-likeness (QED) is 0.0631. The lowest BCUT2D eigenvalue weighted by Gasteiger charge is -2.58. The zero-order valence-electron chi connectivity index (χ0n) is 38.5. The number of ketones is 1. The molecule has 11 heteroatoms. The van der Waals surface area contributed by atoms with Gasteiger partial charge in [0.05, 0.1) is 31.2 Å². The van der Waals surface area contributed by atoms with Crippen molar-refractivity contribution in [3.63, 3.8) is 0 Å². The van der Waals surface area contributed by atoms with Crippen molar-refractivity contribution >= 4 is 23.4 Å². The van der Waals surface area contributed by atoms with Crippen molar-refractivity contribution in [2.24, 2.45) is 29.6 Å². The van der Waals surface area contributed by atoms with Crippen molar-refractivity contribution in [1.82, 2.24) is 0 Å². The zero-order valence-corrected chi connectivity index (χ0v) is 38.5. The van der Waals surface area contributed by atoms with E-state index in [-0.39, 0.29) is 97.7 Å². The molecule has 3 heterocycles. The van der Waals surface area contributed by atoms with Crippen molar-refractivity contribution in [3.05, 3.63) is 136 Å². The Morgan fingerprint density at radius 2 is 1.74 bits per heavy atom. The minimum Gasteiger partial charge on any atom is -0.507 e. The average molecular weight is 920 g/mol. The van der Waals surface area contributed by atoms with Crippen molar-refractivity contribution in [2.75, 3.05) is 11.9 Å². The van der Waals surface area contributed by atoms with E-state index in [0.717, 1.165) is 17.5 Å². The maximum atomic E-state index is 15.5. The number of aliphatic hydroxyl groups is 4. The van der Waals surface area contributed by atoms with E-state index in [2.05, 4.69) is 29.3 Å². The molecule has 0 spiro atoms. The number of hydrogen-bond donors (Lipinski definition) is 6. The minimum absolute atomic E-state index is 0.0481. The van der Waals surface area contributed by atoms with Gasteiger partial charge in [-0.15, -0.1) is 0 Å². The molecule has 11 nitrogen and oxygen atoms in total. The third-order valence-electron chi connectivity index (χ3n) is 15.9. The van der Waals surface area contributed by atoms with E-state index in [9.17, 15) is 35.1 Å². The molecule has 7 aliphatic rings. The first-order chi connectivity index (χ1) is 32.9. The molecule has 3 aromatic rings. The highest BCUT2D eigenvalue weighted by Crippen LogP contribution is 2.58. The summed E-state index contributed by atoms with van der Waals surface area (Å²) in [6.07, 6.45) is 14.3. The van der Waals surface area contributed by atoms with Gasteiger partial charge in [-0.1, -0.05) is 78.6 Å². The van der Waals surface area contributed by atoms with Gasteiger partial charge < -0.3 is 40.3 Å². The van der Waals surface area contributed by atoms with Crippen molar-refractivity contribution in [1.29, 1.82) is 0 Å². The number of anilines is 1. The van der Waals surface area contributed by atoms with Crippen LogP contribution in [0.5, 0.6) is 11.5 Å². The highest BCUT2D eigenvalue weighted by atomic mass is 16.6. The number of hydrogen-bond acceptors (Lipinski definition) is 11. The molecular weight excluding hydrogens is 859 g/mol. The number of phenolic OH excluding ortho intramolecular Hbond substituents is 1. The number of aliphatic hydroxyl groups excluding tert-OH is 3. The van der Waals surface area contributed by atoms with Crippen molar-refractivity contribution < 1.29 is 49.4 Å². The molecule has 10 rings (SSSR count). The third kappa shape index (κ3) is 8.88. The summed E-state index contributed by atoms with van der Waals surface area (Å²) in [4.78, 5) is 43.4. The number of rotatable bonds is 6. The van der Waals surface area contributed by atoms with Crippen LogP contribution in [0.3, 0.4) is 0 Å². The summed E-state index contributed by atoms with van der Waals surface area (Å²) < 4.78 is 13.0. The number of esters is 2. The maximum Gasteiger partial charge on any atom is 0.334 e. The molecule has 354 valence electrons. The molecule has 2 saturated carbocycles. The first-order valence-electron chi connectivity index (χ1n) is 24.6. The smallest absolute Gasteiger partial charge is 0.334 e. The summed E-state index contributed by atoms with van der Waals surface area (Å²) in [7, 11) is 0.